The van der Waals surface area contributed by atoms with Gasteiger partial charge in [-0.05, 0) is 37.1 Å². The number of aromatic nitrogens is 5. The van der Waals surface area contributed by atoms with Crippen LogP contribution in [0.3, 0.4) is 0 Å². The molecule has 0 radical (unpaired) electrons. The van der Waals surface area contributed by atoms with Gasteiger partial charge in [0.25, 0.3) is 5.69 Å². The first-order valence-corrected chi connectivity index (χ1v) is 9.75. The predicted octanol–water partition coefficient (Wildman–Crippen LogP) is 5.45. The fourth-order valence-electron chi connectivity index (χ4n) is 3.49. The van der Waals surface area contributed by atoms with Crippen LogP contribution in [0.25, 0.3) is 22.3 Å². The third kappa shape index (κ3) is 3.54. The largest absolute Gasteiger partial charge is 0.446 e. The number of allylic oxidation sites excluding steroid dienone is 1. The molecule has 8 nitrogen and oxygen atoms in total. The van der Waals surface area contributed by atoms with Gasteiger partial charge in [0.1, 0.15) is 12.1 Å². The van der Waals surface area contributed by atoms with E-state index in [9.17, 15) is 4.39 Å². The Bertz CT molecular complexity index is 1390. The Labute approximate surface area is 182 Å². The predicted molar refractivity (Wildman–Crippen MR) is 117 cm³/mol. The molecule has 0 amide bonds. The van der Waals surface area contributed by atoms with E-state index in [1.165, 1.54) is 6.33 Å². The molecule has 9 heteroatoms. The van der Waals surface area contributed by atoms with Crippen molar-refractivity contribution in [2.45, 2.75) is 13.3 Å². The third-order valence-corrected chi connectivity index (χ3v) is 4.97. The maximum Gasteiger partial charge on any atom is 0.288 e. The number of pyridine rings is 1. The minimum Gasteiger partial charge on any atom is -0.446 e. The fourth-order valence-corrected chi connectivity index (χ4v) is 3.49. The van der Waals surface area contributed by atoms with Gasteiger partial charge in [0.2, 0.25) is 5.88 Å². The molecule has 2 N–H and O–H groups in total. The lowest BCUT2D eigenvalue weighted by molar-refractivity contribution is 0.428. The zero-order chi connectivity index (χ0) is 22.1. The van der Waals surface area contributed by atoms with Crippen LogP contribution in [0.15, 0.2) is 54.5 Å². The molecule has 3 aromatic heterocycles. The van der Waals surface area contributed by atoms with E-state index in [0.29, 0.717) is 23.5 Å². The topological polar surface area (TPSA) is 93.0 Å². The molecule has 3 heterocycles. The van der Waals surface area contributed by atoms with Gasteiger partial charge in [0.15, 0.2) is 17.4 Å². The quantitative estimate of drug-likeness (QED) is 0.413. The molecule has 0 fully saturated rings. The van der Waals surface area contributed by atoms with Crippen LogP contribution in [-0.2, 0) is 6.42 Å². The van der Waals surface area contributed by atoms with E-state index in [1.54, 1.807) is 24.4 Å². The number of H-pyrrole nitrogens is 1. The summed E-state index contributed by atoms with van der Waals surface area (Å²) in [7, 11) is 0. The molecule has 1 aliphatic carbocycles. The molecular formula is C23H16FN7O. The highest BCUT2D eigenvalue weighted by Crippen LogP contribution is 2.39. The highest BCUT2D eigenvalue weighted by atomic mass is 19.1. The Morgan fingerprint density at radius 2 is 2.09 bits per heavy atom. The van der Waals surface area contributed by atoms with E-state index in [0.717, 1.165) is 16.8 Å². The zero-order valence-corrected chi connectivity index (χ0v) is 16.9. The maximum atomic E-state index is 15.0. The Morgan fingerprint density at radius 3 is 2.91 bits per heavy atom. The number of nitrogens with zero attached hydrogens (tertiary/aromatic N) is 5. The van der Waals surface area contributed by atoms with Gasteiger partial charge in [0, 0.05) is 17.8 Å². The highest BCUT2D eigenvalue weighted by Gasteiger charge is 2.21. The average Bonchev–Trinajstić information content (AvgIpc) is 3.43. The number of hydrogen-bond acceptors (Lipinski definition) is 6. The highest BCUT2D eigenvalue weighted by molar-refractivity contribution is 5.75. The van der Waals surface area contributed by atoms with Gasteiger partial charge >= 0.3 is 0 Å². The average molecular weight is 425 g/mol. The van der Waals surface area contributed by atoms with Crippen LogP contribution in [0.1, 0.15) is 18.1 Å². The van der Waals surface area contributed by atoms with Crippen molar-refractivity contribution in [3.63, 3.8) is 0 Å². The van der Waals surface area contributed by atoms with Crippen LogP contribution < -0.4 is 10.1 Å². The van der Waals surface area contributed by atoms with Crippen molar-refractivity contribution in [2.24, 2.45) is 0 Å². The Hall–Kier alpha value is -4.58. The number of nitrogens with one attached hydrogen (secondary N) is 2. The van der Waals surface area contributed by atoms with E-state index >= 15 is 0 Å². The van der Waals surface area contributed by atoms with Crippen molar-refractivity contribution in [3.05, 3.63) is 82.9 Å². The van der Waals surface area contributed by atoms with Gasteiger partial charge in [0.05, 0.1) is 18.0 Å². The summed E-state index contributed by atoms with van der Waals surface area (Å²) < 4.78 is 20.7. The van der Waals surface area contributed by atoms with Crippen molar-refractivity contribution in [1.82, 2.24) is 25.1 Å². The lowest BCUT2D eigenvalue weighted by atomic mass is 10.1. The van der Waals surface area contributed by atoms with Crippen LogP contribution >= 0.6 is 0 Å². The van der Waals surface area contributed by atoms with Crippen molar-refractivity contribution in [2.75, 3.05) is 5.32 Å². The Morgan fingerprint density at radius 1 is 1.19 bits per heavy atom. The van der Waals surface area contributed by atoms with Gasteiger partial charge in [-0.2, -0.15) is 5.10 Å². The van der Waals surface area contributed by atoms with E-state index in [2.05, 4.69) is 35.3 Å². The zero-order valence-electron chi connectivity index (χ0n) is 16.9. The molecule has 0 saturated carbocycles. The van der Waals surface area contributed by atoms with Crippen LogP contribution in [0.2, 0.25) is 0 Å². The summed E-state index contributed by atoms with van der Waals surface area (Å²) in [4.78, 5) is 15.9. The molecule has 0 atom stereocenters. The number of hydrogen-bond donors (Lipinski definition) is 2. The smallest absolute Gasteiger partial charge is 0.288 e. The maximum absolute atomic E-state index is 15.0. The summed E-state index contributed by atoms with van der Waals surface area (Å²) in [6.45, 7) is 9.54. The number of halogens is 1. The summed E-state index contributed by atoms with van der Waals surface area (Å²) in [5.41, 5.74) is 3.94. The SMILES string of the molecule is [C-]#[N+]c1c(Nc2cc(-c3ccccn3)[nH]n2)ncnc1Oc1ccc2c(c1F)C=C(C)C2. The molecule has 32 heavy (non-hydrogen) atoms. The monoisotopic (exact) mass is 425 g/mol. The van der Waals surface area contributed by atoms with Gasteiger partial charge in [-0.1, -0.05) is 23.8 Å². The normalized spacial score (nSPS) is 12.1. The van der Waals surface area contributed by atoms with Crippen molar-refractivity contribution in [1.29, 1.82) is 0 Å². The molecule has 1 aromatic carbocycles. The number of aromatic amines is 1. The van der Waals surface area contributed by atoms with E-state index in [-0.39, 0.29) is 23.1 Å². The summed E-state index contributed by atoms with van der Waals surface area (Å²) in [6.07, 6.45) is 5.44. The molecule has 0 saturated heterocycles. The van der Waals surface area contributed by atoms with Crippen molar-refractivity contribution in [3.8, 4) is 23.0 Å². The van der Waals surface area contributed by atoms with Gasteiger partial charge in [-0.3, -0.25) is 10.1 Å². The molecule has 5 rings (SSSR count). The second-order valence-electron chi connectivity index (χ2n) is 7.21. The first-order valence-electron chi connectivity index (χ1n) is 9.75. The van der Waals surface area contributed by atoms with Crippen LogP contribution in [0, 0.1) is 12.4 Å². The standard InChI is InChI=1S/C23H16FN7O/c1-13-9-14-6-7-18(20(24)15(14)10-13)32-23-21(25-2)22(27-12-28-23)29-19-11-17(30-31-19)16-5-3-4-8-26-16/h3-8,10-12H,9H2,1H3,(H2,27,28,29,30,31). The minimum absolute atomic E-state index is 0.00135. The molecule has 1 aliphatic rings. The van der Waals surface area contributed by atoms with Crippen molar-refractivity contribution < 1.29 is 9.13 Å². The summed E-state index contributed by atoms with van der Waals surface area (Å²) in [5, 5.41) is 10.1. The first-order chi connectivity index (χ1) is 15.6. The molecular weight excluding hydrogens is 409 g/mol. The Balaban J connectivity index is 1.43. The fraction of sp³-hybridized carbons (Fsp3) is 0.0870. The van der Waals surface area contributed by atoms with Crippen LogP contribution in [-0.4, -0.2) is 25.1 Å². The van der Waals surface area contributed by atoms with Crippen LogP contribution in [0.5, 0.6) is 11.6 Å². The second kappa shape index (κ2) is 7.92. The number of fused-ring (bicyclic) bond motifs is 1. The molecule has 0 spiro atoms. The molecule has 4 aromatic rings. The minimum atomic E-state index is -0.476. The summed E-state index contributed by atoms with van der Waals surface area (Å²) >= 11 is 0. The summed E-state index contributed by atoms with van der Waals surface area (Å²) in [6, 6.07) is 10.7. The van der Waals surface area contributed by atoms with E-state index < -0.39 is 5.82 Å². The van der Waals surface area contributed by atoms with E-state index in [4.69, 9.17) is 11.3 Å². The van der Waals surface area contributed by atoms with Crippen molar-refractivity contribution >= 4 is 23.4 Å². The lowest BCUT2D eigenvalue weighted by Crippen LogP contribution is -1.99. The molecule has 156 valence electrons. The number of ether oxygens (including phenoxy) is 1. The van der Waals surface area contributed by atoms with E-state index in [1.807, 2.05) is 31.2 Å². The number of benzene rings is 1. The molecule has 0 unspecified atom stereocenters. The number of anilines is 2. The second-order valence-corrected chi connectivity index (χ2v) is 7.21. The molecule has 0 aliphatic heterocycles. The molecule has 0 bridgehead atoms. The van der Waals surface area contributed by atoms with Crippen LogP contribution in [0.4, 0.5) is 21.7 Å². The van der Waals surface area contributed by atoms with Gasteiger partial charge < -0.3 is 10.1 Å². The Kier molecular flexibility index (Phi) is 4.80. The lowest BCUT2D eigenvalue weighted by Gasteiger charge is -2.11. The number of rotatable bonds is 5. The summed E-state index contributed by atoms with van der Waals surface area (Å²) in [5.74, 6) is 0.110. The first kappa shape index (κ1) is 19.4. The third-order valence-electron chi connectivity index (χ3n) is 4.97. The van der Waals surface area contributed by atoms with Gasteiger partial charge in [-0.25, -0.2) is 19.2 Å². The van der Waals surface area contributed by atoms with Gasteiger partial charge in [-0.15, -0.1) is 0 Å².